The van der Waals surface area contributed by atoms with Crippen molar-refractivity contribution < 1.29 is 19.4 Å². The Morgan fingerprint density at radius 3 is 2.15 bits per heavy atom. The van der Waals surface area contributed by atoms with Gasteiger partial charge in [-0.1, -0.05) is 67.0 Å². The molecule has 0 bridgehead atoms. The summed E-state index contributed by atoms with van der Waals surface area (Å²) in [4.78, 5) is 26.6. The summed E-state index contributed by atoms with van der Waals surface area (Å²) in [6.07, 6.45) is 2.71. The van der Waals surface area contributed by atoms with E-state index in [0.717, 1.165) is 41.7 Å². The summed E-state index contributed by atoms with van der Waals surface area (Å²) in [6.45, 7) is 17.8. The van der Waals surface area contributed by atoms with Crippen molar-refractivity contribution in [1.82, 2.24) is 10.2 Å². The number of amides is 1. The Morgan fingerprint density at radius 2 is 1.63 bits per heavy atom. The van der Waals surface area contributed by atoms with Crippen molar-refractivity contribution in [3.8, 4) is 11.5 Å². The van der Waals surface area contributed by atoms with Gasteiger partial charge in [0.15, 0.2) is 5.78 Å². The van der Waals surface area contributed by atoms with Crippen molar-refractivity contribution >= 4 is 17.5 Å². The number of carbonyl (C=O) groups excluding carboxylic acids is 2. The molecular formula is C34H49N3O4. The summed E-state index contributed by atoms with van der Waals surface area (Å²) in [6, 6.07) is 11.6. The largest absolute Gasteiger partial charge is 0.507 e. The number of hydrogen-bond donors (Lipinski definition) is 3. The smallest absolute Gasteiger partial charge is 0.216 e. The third-order valence-corrected chi connectivity index (χ3v) is 7.81. The highest BCUT2D eigenvalue weighted by Crippen LogP contribution is 2.41. The van der Waals surface area contributed by atoms with E-state index in [1.54, 1.807) is 0 Å². The van der Waals surface area contributed by atoms with Gasteiger partial charge >= 0.3 is 0 Å². The second-order valence-electron chi connectivity index (χ2n) is 13.4. The molecule has 0 spiro atoms. The summed E-state index contributed by atoms with van der Waals surface area (Å²) in [5.74, 6) is 1.59. The minimum atomic E-state index is -0.320. The van der Waals surface area contributed by atoms with Gasteiger partial charge in [-0.05, 0) is 59.4 Å². The molecule has 0 saturated carbocycles. The van der Waals surface area contributed by atoms with Crippen LogP contribution in [0.3, 0.4) is 0 Å². The van der Waals surface area contributed by atoms with E-state index >= 15 is 0 Å². The minimum Gasteiger partial charge on any atom is -0.507 e. The SMILES string of the molecule is CCCC1CN(CC(=O)c2cc(C(C)(C)C)c(O)c(C(C)(C)C)c2)C(=N)C1c1ccc(OCCCNC(C)=O)cc1. The Bertz CT molecular complexity index is 1200. The fraction of sp³-hybridized carbons (Fsp3) is 0.559. The number of carbonyl (C=O) groups is 2. The summed E-state index contributed by atoms with van der Waals surface area (Å²) in [5, 5.41) is 22.9. The average Bonchev–Trinajstić information content (AvgIpc) is 3.17. The molecule has 1 aliphatic rings. The average molecular weight is 564 g/mol. The lowest BCUT2D eigenvalue weighted by Gasteiger charge is -2.28. The molecule has 0 aliphatic carbocycles. The molecule has 7 nitrogen and oxygen atoms in total. The van der Waals surface area contributed by atoms with Gasteiger partial charge in [-0.2, -0.15) is 0 Å². The minimum absolute atomic E-state index is 0.0374. The van der Waals surface area contributed by atoms with Crippen LogP contribution in [-0.2, 0) is 15.6 Å². The van der Waals surface area contributed by atoms with Crippen LogP contribution in [0.25, 0.3) is 0 Å². The number of ether oxygens (including phenoxy) is 1. The van der Waals surface area contributed by atoms with Crippen molar-refractivity contribution in [3.05, 3.63) is 58.7 Å². The fourth-order valence-electron chi connectivity index (χ4n) is 5.62. The van der Waals surface area contributed by atoms with Gasteiger partial charge in [0.25, 0.3) is 0 Å². The summed E-state index contributed by atoms with van der Waals surface area (Å²) in [7, 11) is 0. The Kier molecular flexibility index (Phi) is 10.3. The van der Waals surface area contributed by atoms with Gasteiger partial charge in [-0.15, -0.1) is 0 Å². The first kappa shape index (κ1) is 32.2. The van der Waals surface area contributed by atoms with Gasteiger partial charge in [0.2, 0.25) is 5.91 Å². The molecule has 1 amide bonds. The van der Waals surface area contributed by atoms with Gasteiger partial charge in [0, 0.05) is 42.6 Å². The van der Waals surface area contributed by atoms with Crippen molar-refractivity contribution in [2.75, 3.05) is 26.2 Å². The molecule has 7 heteroatoms. The van der Waals surface area contributed by atoms with E-state index in [0.29, 0.717) is 31.1 Å². The number of phenols is 1. The fourth-order valence-corrected chi connectivity index (χ4v) is 5.62. The zero-order valence-corrected chi connectivity index (χ0v) is 26.2. The first-order valence-electron chi connectivity index (χ1n) is 14.8. The number of nitrogens with one attached hydrogen (secondary N) is 2. The van der Waals surface area contributed by atoms with Crippen LogP contribution >= 0.6 is 0 Å². The van der Waals surface area contributed by atoms with E-state index in [-0.39, 0.29) is 46.7 Å². The van der Waals surface area contributed by atoms with Crippen LogP contribution in [0.15, 0.2) is 36.4 Å². The van der Waals surface area contributed by atoms with Gasteiger partial charge < -0.3 is 20.1 Å². The number of aromatic hydroxyl groups is 1. The zero-order chi connectivity index (χ0) is 30.5. The number of Topliss-reactive ketones (excluding diaryl/α,β-unsaturated/α-hetero) is 1. The summed E-state index contributed by atoms with van der Waals surface area (Å²) in [5.41, 5.74) is 2.54. The standard InChI is InChI=1S/C34H49N3O4/c1-9-11-24-20-37(21-29(39)25-18-27(33(3,4)5)31(40)28(19-25)34(6,7)8)32(35)30(24)23-12-14-26(15-13-23)41-17-10-16-36-22(2)38/h12-15,18-19,24,30,35,40H,9-11,16-17,20-21H2,1-8H3,(H,36,38). The highest BCUT2D eigenvalue weighted by Gasteiger charge is 2.39. The first-order chi connectivity index (χ1) is 19.1. The molecule has 41 heavy (non-hydrogen) atoms. The lowest BCUT2D eigenvalue weighted by molar-refractivity contribution is -0.118. The molecular weight excluding hydrogens is 514 g/mol. The van der Waals surface area contributed by atoms with E-state index in [2.05, 4.69) is 12.2 Å². The molecule has 2 unspecified atom stereocenters. The maximum absolute atomic E-state index is 13.7. The van der Waals surface area contributed by atoms with Crippen LogP contribution < -0.4 is 10.1 Å². The van der Waals surface area contributed by atoms with Crippen LogP contribution in [0.4, 0.5) is 0 Å². The predicted octanol–water partition coefficient (Wildman–Crippen LogP) is 6.57. The van der Waals surface area contributed by atoms with E-state index in [4.69, 9.17) is 10.1 Å². The molecule has 0 radical (unpaired) electrons. The zero-order valence-electron chi connectivity index (χ0n) is 26.2. The lowest BCUT2D eigenvalue weighted by Crippen LogP contribution is -2.32. The number of phenolic OH excluding ortho intramolecular Hbond substituents is 1. The Labute approximate surface area is 246 Å². The Morgan fingerprint density at radius 1 is 1.05 bits per heavy atom. The Hall–Kier alpha value is -3.35. The first-order valence-corrected chi connectivity index (χ1v) is 14.8. The highest BCUT2D eigenvalue weighted by molar-refractivity contribution is 6.01. The number of benzene rings is 2. The van der Waals surface area contributed by atoms with Gasteiger partial charge in [0.05, 0.1) is 13.2 Å². The second kappa shape index (κ2) is 13.1. The summed E-state index contributed by atoms with van der Waals surface area (Å²) < 4.78 is 5.83. The maximum atomic E-state index is 13.7. The molecule has 3 N–H and O–H groups in total. The number of amidine groups is 1. The second-order valence-corrected chi connectivity index (χ2v) is 13.4. The van der Waals surface area contributed by atoms with E-state index in [1.165, 1.54) is 6.92 Å². The lowest BCUT2D eigenvalue weighted by atomic mass is 9.78. The Balaban J connectivity index is 1.78. The van der Waals surface area contributed by atoms with E-state index in [9.17, 15) is 14.7 Å². The molecule has 0 aromatic heterocycles. The van der Waals surface area contributed by atoms with Crippen LogP contribution in [0, 0.1) is 11.3 Å². The molecule has 2 aromatic carbocycles. The summed E-state index contributed by atoms with van der Waals surface area (Å²) >= 11 is 0. The highest BCUT2D eigenvalue weighted by atomic mass is 16.5. The number of likely N-dealkylation sites (tertiary alicyclic amines) is 1. The van der Waals surface area contributed by atoms with Crippen molar-refractivity contribution in [2.45, 2.75) is 91.4 Å². The van der Waals surface area contributed by atoms with Gasteiger partial charge in [-0.25, -0.2) is 0 Å². The van der Waals surface area contributed by atoms with Crippen LogP contribution in [0.2, 0.25) is 0 Å². The molecule has 2 atom stereocenters. The number of rotatable bonds is 11. The molecule has 1 fully saturated rings. The predicted molar refractivity (Wildman–Crippen MR) is 166 cm³/mol. The molecule has 224 valence electrons. The van der Waals surface area contributed by atoms with Gasteiger partial charge in [-0.3, -0.25) is 15.0 Å². The van der Waals surface area contributed by atoms with Crippen LogP contribution in [-0.4, -0.2) is 53.8 Å². The van der Waals surface area contributed by atoms with Crippen molar-refractivity contribution in [1.29, 1.82) is 5.41 Å². The molecule has 2 aromatic rings. The van der Waals surface area contributed by atoms with Crippen molar-refractivity contribution in [3.63, 3.8) is 0 Å². The number of nitrogens with zero attached hydrogens (tertiary/aromatic N) is 1. The van der Waals surface area contributed by atoms with E-state index < -0.39 is 0 Å². The number of hydrogen-bond acceptors (Lipinski definition) is 5. The molecule has 1 heterocycles. The quantitative estimate of drug-likeness (QED) is 0.212. The molecule has 3 rings (SSSR count). The van der Waals surface area contributed by atoms with Crippen LogP contribution in [0.1, 0.15) is 108 Å². The normalized spacial score (nSPS) is 17.6. The topological polar surface area (TPSA) is 103 Å². The maximum Gasteiger partial charge on any atom is 0.216 e. The number of ketones is 1. The third-order valence-electron chi connectivity index (χ3n) is 7.81. The van der Waals surface area contributed by atoms with Crippen molar-refractivity contribution in [2.24, 2.45) is 5.92 Å². The molecule has 1 saturated heterocycles. The molecule has 1 aliphatic heterocycles. The monoisotopic (exact) mass is 563 g/mol. The van der Waals surface area contributed by atoms with Gasteiger partial charge in [0.1, 0.15) is 17.3 Å². The third kappa shape index (κ3) is 8.11. The van der Waals surface area contributed by atoms with E-state index in [1.807, 2.05) is 82.8 Å². The van der Waals surface area contributed by atoms with Crippen LogP contribution in [0.5, 0.6) is 11.5 Å².